The molecule has 4 heteroatoms. The van der Waals surface area contributed by atoms with Gasteiger partial charge in [0.1, 0.15) is 29.3 Å². The van der Waals surface area contributed by atoms with Crippen LogP contribution in [0.15, 0.2) is 115 Å². The van der Waals surface area contributed by atoms with Crippen molar-refractivity contribution in [3.05, 3.63) is 126 Å². The Morgan fingerprint density at radius 2 is 0.966 bits per heavy atom. The Morgan fingerprint density at radius 1 is 0.586 bits per heavy atom. The topological polar surface area (TPSA) is 40.3 Å². The summed E-state index contributed by atoms with van der Waals surface area (Å²) in [5, 5.41) is 13.4. The molecule has 142 valence electrons. The first-order valence-corrected chi connectivity index (χ1v) is 11.5. The third-order valence-corrected chi connectivity index (χ3v) is 9.55. The highest BCUT2D eigenvalue weighted by Crippen LogP contribution is 2.58. The Morgan fingerprint density at radius 3 is 1.38 bits per heavy atom. The summed E-state index contributed by atoms with van der Waals surface area (Å²) in [6.45, 7) is 0. The van der Waals surface area contributed by atoms with Crippen molar-refractivity contribution >= 4 is 28.9 Å². The molecule has 0 spiro atoms. The van der Waals surface area contributed by atoms with Gasteiger partial charge in [0.05, 0.1) is 10.5 Å². The Hall–Kier alpha value is -3.29. The molecule has 0 atom stereocenters. The molecule has 4 aromatic rings. The third-order valence-electron chi connectivity index (χ3n) is 5.20. The molecule has 0 saturated carbocycles. The van der Waals surface area contributed by atoms with Crippen molar-refractivity contribution in [3.8, 4) is 0 Å². The van der Waals surface area contributed by atoms with Crippen molar-refractivity contribution < 1.29 is 10.1 Å². The molecule has 0 radical (unpaired) electrons. The van der Waals surface area contributed by atoms with Crippen molar-refractivity contribution in [1.29, 1.82) is 0 Å². The quantitative estimate of drug-likeness (QED) is 0.367. The largest absolute Gasteiger partial charge is 0.323 e. The van der Waals surface area contributed by atoms with E-state index in [4.69, 9.17) is 0 Å². The molecule has 0 unspecified atom stereocenters. The molecule has 0 aliphatic heterocycles. The fraction of sp³-hybridized carbons (Fsp3) is 0.0400. The van der Waals surface area contributed by atoms with Crippen LogP contribution < -0.4 is 15.9 Å². The van der Waals surface area contributed by atoms with Crippen molar-refractivity contribution in [2.75, 3.05) is 0 Å². The van der Waals surface area contributed by atoms with Crippen molar-refractivity contribution in [2.45, 2.75) is 6.16 Å². The van der Waals surface area contributed by atoms with Crippen molar-refractivity contribution in [1.82, 2.24) is 0 Å². The Kier molecular flexibility index (Phi) is 5.50. The summed E-state index contributed by atoms with van der Waals surface area (Å²) < 4.78 is 0. The summed E-state index contributed by atoms with van der Waals surface area (Å²) in [5.41, 5.74) is 1.12. The van der Waals surface area contributed by atoms with Gasteiger partial charge in [-0.2, -0.15) is 0 Å². The summed E-state index contributed by atoms with van der Waals surface area (Å²) in [6, 6.07) is 38.8. The summed E-state index contributed by atoms with van der Waals surface area (Å²) in [5.74, 6) is 0. The lowest BCUT2D eigenvalue weighted by atomic mass is 10.2. The molecule has 4 aromatic carbocycles. The number of hydrogen-bond acceptors (Lipinski definition) is 1. The number of hydrogen-bond donors (Lipinski definition) is 1. The molecular formula is C25H22NO2P+2. The van der Waals surface area contributed by atoms with E-state index in [2.05, 4.69) is 72.8 Å². The van der Waals surface area contributed by atoms with Gasteiger partial charge in [0.2, 0.25) is 0 Å². The Balaban J connectivity index is 2.03. The molecule has 0 bridgehead atoms. The van der Waals surface area contributed by atoms with E-state index in [1.165, 1.54) is 15.9 Å². The lowest BCUT2D eigenvalue weighted by molar-refractivity contribution is -0.730. The van der Waals surface area contributed by atoms with Crippen LogP contribution in [0.5, 0.6) is 0 Å². The van der Waals surface area contributed by atoms with Crippen molar-refractivity contribution in [2.24, 2.45) is 0 Å². The lowest BCUT2D eigenvalue weighted by Crippen LogP contribution is -2.32. The first-order chi connectivity index (χ1) is 14.2. The minimum atomic E-state index is -2.12. The van der Waals surface area contributed by atoms with Crippen LogP contribution in [0.1, 0.15) is 5.56 Å². The van der Waals surface area contributed by atoms with Gasteiger partial charge in [-0.15, -0.1) is 0 Å². The van der Waals surface area contributed by atoms with Crippen molar-refractivity contribution in [3.63, 3.8) is 0 Å². The Bertz CT molecular complexity index is 1000. The number of rotatable bonds is 6. The fourth-order valence-electron chi connectivity index (χ4n) is 3.86. The maximum atomic E-state index is 11.8. The second-order valence-electron chi connectivity index (χ2n) is 6.88. The smallest absolute Gasteiger partial charge is 0.241 e. The normalized spacial score (nSPS) is 11.2. The van der Waals surface area contributed by atoms with Gasteiger partial charge in [-0.1, -0.05) is 66.7 Å². The zero-order valence-electron chi connectivity index (χ0n) is 15.9. The molecule has 4 rings (SSSR count). The van der Waals surface area contributed by atoms with E-state index in [0.717, 1.165) is 5.56 Å². The first-order valence-electron chi connectivity index (χ1n) is 9.51. The minimum Gasteiger partial charge on any atom is -0.241 e. The summed E-state index contributed by atoms with van der Waals surface area (Å²) in [6.07, 6.45) is 0.639. The predicted molar refractivity (Wildman–Crippen MR) is 120 cm³/mol. The second-order valence-corrected chi connectivity index (χ2v) is 10.4. The van der Waals surface area contributed by atoms with Gasteiger partial charge in [-0.3, -0.25) is 0 Å². The highest BCUT2D eigenvalue weighted by Gasteiger charge is 2.46. The van der Waals surface area contributed by atoms with E-state index >= 15 is 0 Å². The molecule has 0 aromatic heterocycles. The van der Waals surface area contributed by atoms with E-state index in [1.807, 2.05) is 30.3 Å². The standard InChI is InChI=1S/C25H22NO2P/c27-26(28)25-19-11-10-12-21(25)20-29(22-13-4-1-5-14-22,23-15-6-2-7-16-23)24-17-8-3-9-18-24/h1-19H,20H2,(H,27,28)/q+2. The van der Waals surface area contributed by atoms with Gasteiger partial charge < -0.3 is 0 Å². The number of para-hydroxylation sites is 1. The fourth-order valence-corrected chi connectivity index (χ4v) is 8.12. The van der Waals surface area contributed by atoms with E-state index in [1.54, 1.807) is 12.1 Å². The molecule has 0 amide bonds. The van der Waals surface area contributed by atoms with Gasteiger partial charge in [-0.25, -0.2) is 5.21 Å². The van der Waals surface area contributed by atoms with Gasteiger partial charge in [0.25, 0.3) is 4.92 Å². The molecule has 0 saturated heterocycles. The summed E-state index contributed by atoms with van der Waals surface area (Å²) in [4.78, 5) is 11.8. The summed E-state index contributed by atoms with van der Waals surface area (Å²) in [7, 11) is -2.12. The molecule has 29 heavy (non-hydrogen) atoms. The van der Waals surface area contributed by atoms with E-state index in [9.17, 15) is 10.1 Å². The minimum absolute atomic E-state index is 0.0228. The van der Waals surface area contributed by atoms with Crippen LogP contribution in [-0.4, -0.2) is 10.1 Å². The third kappa shape index (κ3) is 3.70. The average Bonchev–Trinajstić information content (AvgIpc) is 2.79. The SMILES string of the molecule is O=[N+](O)c1ccccc1C[P+](c1ccccc1)(c1ccccc1)c1ccccc1. The molecule has 3 nitrogen and oxygen atoms in total. The summed E-state index contributed by atoms with van der Waals surface area (Å²) >= 11 is 0. The molecule has 1 N–H and O–H groups in total. The van der Waals surface area contributed by atoms with Crippen LogP contribution >= 0.6 is 7.26 Å². The highest BCUT2D eigenvalue weighted by atomic mass is 31.2. The maximum absolute atomic E-state index is 11.8. The molecule has 0 heterocycles. The van der Waals surface area contributed by atoms with Crippen LogP contribution in [0, 0.1) is 4.91 Å². The van der Waals surface area contributed by atoms with Gasteiger partial charge in [-0.05, 0) is 42.5 Å². The molecule has 0 aliphatic carbocycles. The predicted octanol–water partition coefficient (Wildman–Crippen LogP) is 4.98. The van der Waals surface area contributed by atoms with E-state index in [-0.39, 0.29) is 4.92 Å². The van der Waals surface area contributed by atoms with Gasteiger partial charge in [0, 0.05) is 6.07 Å². The second kappa shape index (κ2) is 8.38. The molecule has 0 aliphatic rings. The monoisotopic (exact) mass is 399 g/mol. The first kappa shape index (κ1) is 19.0. The van der Waals surface area contributed by atoms with Crippen LogP contribution in [-0.2, 0) is 6.16 Å². The zero-order chi connectivity index (χ0) is 20.1. The number of nitrogens with zero attached hydrogens (tertiary/aromatic N) is 1. The van der Waals surface area contributed by atoms with Gasteiger partial charge in [0.15, 0.2) is 0 Å². The highest BCUT2D eigenvalue weighted by molar-refractivity contribution is 7.95. The average molecular weight is 399 g/mol. The van der Waals surface area contributed by atoms with Crippen LogP contribution in [0.25, 0.3) is 0 Å². The Labute approximate surface area is 171 Å². The molecular weight excluding hydrogens is 377 g/mol. The molecule has 0 fully saturated rings. The van der Waals surface area contributed by atoms with Crippen LogP contribution in [0.2, 0.25) is 0 Å². The lowest BCUT2D eigenvalue weighted by Gasteiger charge is -2.27. The van der Waals surface area contributed by atoms with E-state index < -0.39 is 7.26 Å². The maximum Gasteiger partial charge on any atom is 0.323 e. The zero-order valence-corrected chi connectivity index (χ0v) is 16.8. The van der Waals surface area contributed by atoms with Gasteiger partial charge >= 0.3 is 5.69 Å². The van der Waals surface area contributed by atoms with Crippen LogP contribution in [0.4, 0.5) is 5.69 Å². The van der Waals surface area contributed by atoms with E-state index in [0.29, 0.717) is 11.8 Å². The van der Waals surface area contributed by atoms with Crippen LogP contribution in [0.3, 0.4) is 0 Å². The number of benzene rings is 4.